The number of thiocarbonyl (C=S) groups is 1. The van der Waals surface area contributed by atoms with Gasteiger partial charge in [0.15, 0.2) is 0 Å². The highest BCUT2D eigenvalue weighted by atomic mass is 32.1. The third kappa shape index (κ3) is 2.44. The van der Waals surface area contributed by atoms with E-state index in [9.17, 15) is 0 Å². The number of pyridine rings is 2. The molecule has 0 aliphatic carbocycles. The highest BCUT2D eigenvalue weighted by Gasteiger charge is 2.04. The summed E-state index contributed by atoms with van der Waals surface area (Å²) in [5, 5.41) is 0.952. The fourth-order valence-corrected chi connectivity index (χ4v) is 2.00. The highest BCUT2D eigenvalue weighted by Crippen LogP contribution is 2.28. The van der Waals surface area contributed by atoms with Gasteiger partial charge in [-0.15, -0.1) is 0 Å². The summed E-state index contributed by atoms with van der Waals surface area (Å²) in [6, 6.07) is 13.1. The topological polar surface area (TPSA) is 61.0 Å². The number of fused-ring (bicyclic) bond motifs is 1. The molecule has 1 aromatic carbocycles. The van der Waals surface area contributed by atoms with E-state index in [1.165, 1.54) is 0 Å². The lowest BCUT2D eigenvalue weighted by Crippen LogP contribution is -2.10. The number of benzene rings is 1. The van der Waals surface area contributed by atoms with Crippen molar-refractivity contribution in [2.24, 2.45) is 5.73 Å². The summed E-state index contributed by atoms with van der Waals surface area (Å²) in [6.45, 7) is 0. The molecule has 0 spiro atoms. The van der Waals surface area contributed by atoms with Crippen molar-refractivity contribution in [1.29, 1.82) is 0 Å². The van der Waals surface area contributed by atoms with Gasteiger partial charge in [0.2, 0.25) is 0 Å². The van der Waals surface area contributed by atoms with Crippen LogP contribution in [-0.4, -0.2) is 15.0 Å². The number of hydrogen-bond acceptors (Lipinski definition) is 4. The monoisotopic (exact) mass is 281 g/mol. The Hall–Kier alpha value is -2.53. The third-order valence-corrected chi connectivity index (χ3v) is 3.03. The van der Waals surface area contributed by atoms with E-state index in [2.05, 4.69) is 9.97 Å². The van der Waals surface area contributed by atoms with Crippen LogP contribution >= 0.6 is 12.2 Å². The van der Waals surface area contributed by atoms with Gasteiger partial charge in [-0.05, 0) is 36.4 Å². The Morgan fingerprint density at radius 2 is 1.95 bits per heavy atom. The molecule has 2 aromatic heterocycles. The van der Waals surface area contributed by atoms with Crippen molar-refractivity contribution in [3.8, 4) is 11.5 Å². The van der Waals surface area contributed by atoms with Gasteiger partial charge in [-0.25, -0.2) is 4.98 Å². The summed E-state index contributed by atoms with van der Waals surface area (Å²) in [5.41, 5.74) is 6.97. The fourth-order valence-electron chi connectivity index (χ4n) is 1.88. The standard InChI is InChI=1S/C15H11N3OS/c16-15(20)13-7-6-10(9-18-13)19-14-5-1-4-12-11(14)3-2-8-17-12/h1-9H,(H2,16,20). The Labute approximate surface area is 121 Å². The first-order valence-electron chi connectivity index (χ1n) is 6.01. The Morgan fingerprint density at radius 1 is 1.05 bits per heavy atom. The molecule has 3 aromatic rings. The van der Waals surface area contributed by atoms with E-state index in [4.69, 9.17) is 22.7 Å². The van der Waals surface area contributed by atoms with Crippen LogP contribution in [0.5, 0.6) is 11.5 Å². The largest absolute Gasteiger partial charge is 0.455 e. The Bertz CT molecular complexity index is 766. The van der Waals surface area contributed by atoms with Crippen LogP contribution in [0, 0.1) is 0 Å². The Morgan fingerprint density at radius 3 is 2.70 bits per heavy atom. The summed E-state index contributed by atoms with van der Waals surface area (Å²) in [5.74, 6) is 1.36. The minimum absolute atomic E-state index is 0.269. The molecule has 0 bridgehead atoms. The molecule has 0 aliphatic rings. The van der Waals surface area contributed by atoms with E-state index >= 15 is 0 Å². The molecular weight excluding hydrogens is 270 g/mol. The number of aromatic nitrogens is 2. The molecule has 0 aliphatic heterocycles. The quantitative estimate of drug-likeness (QED) is 0.748. The number of rotatable bonds is 3. The number of nitrogens with two attached hydrogens (primary N) is 1. The first-order valence-corrected chi connectivity index (χ1v) is 6.42. The van der Waals surface area contributed by atoms with E-state index in [0.29, 0.717) is 11.4 Å². The van der Waals surface area contributed by atoms with Gasteiger partial charge in [-0.1, -0.05) is 18.3 Å². The average molecular weight is 281 g/mol. The van der Waals surface area contributed by atoms with Crippen molar-refractivity contribution in [1.82, 2.24) is 9.97 Å². The SMILES string of the molecule is NC(=S)c1ccc(Oc2cccc3ncccc23)cn1. The van der Waals surface area contributed by atoms with Crippen molar-refractivity contribution < 1.29 is 4.74 Å². The van der Waals surface area contributed by atoms with Crippen LogP contribution < -0.4 is 10.5 Å². The third-order valence-electron chi connectivity index (χ3n) is 2.82. The first kappa shape index (κ1) is 12.5. The van der Waals surface area contributed by atoms with Gasteiger partial charge in [-0.3, -0.25) is 4.98 Å². The second-order valence-corrected chi connectivity index (χ2v) is 4.61. The summed E-state index contributed by atoms with van der Waals surface area (Å²) in [7, 11) is 0. The van der Waals surface area contributed by atoms with Crippen LogP contribution in [0.25, 0.3) is 10.9 Å². The number of hydrogen-bond donors (Lipinski definition) is 1. The zero-order chi connectivity index (χ0) is 13.9. The molecular formula is C15H11N3OS. The lowest BCUT2D eigenvalue weighted by Gasteiger charge is -2.08. The molecule has 0 radical (unpaired) electrons. The lowest BCUT2D eigenvalue weighted by atomic mass is 10.2. The van der Waals surface area contributed by atoms with Crippen molar-refractivity contribution in [3.63, 3.8) is 0 Å². The predicted molar refractivity (Wildman–Crippen MR) is 81.9 cm³/mol. The van der Waals surface area contributed by atoms with Gasteiger partial charge in [-0.2, -0.15) is 0 Å². The minimum atomic E-state index is 0.269. The van der Waals surface area contributed by atoms with Gasteiger partial charge < -0.3 is 10.5 Å². The second kappa shape index (κ2) is 5.22. The first-order chi connectivity index (χ1) is 9.74. The molecule has 20 heavy (non-hydrogen) atoms. The van der Waals surface area contributed by atoms with Crippen molar-refractivity contribution in [2.45, 2.75) is 0 Å². The maximum Gasteiger partial charge on any atom is 0.145 e. The zero-order valence-corrected chi connectivity index (χ0v) is 11.3. The van der Waals surface area contributed by atoms with Crippen LogP contribution in [0.2, 0.25) is 0 Å². The molecule has 5 heteroatoms. The van der Waals surface area contributed by atoms with Gasteiger partial charge in [0.25, 0.3) is 0 Å². The van der Waals surface area contributed by atoms with Gasteiger partial charge >= 0.3 is 0 Å². The van der Waals surface area contributed by atoms with E-state index in [-0.39, 0.29) is 4.99 Å². The van der Waals surface area contributed by atoms with Crippen LogP contribution in [0.15, 0.2) is 54.9 Å². The summed E-state index contributed by atoms with van der Waals surface area (Å²) < 4.78 is 5.84. The minimum Gasteiger partial charge on any atom is -0.455 e. The maximum atomic E-state index is 5.84. The molecule has 0 amide bonds. The maximum absolute atomic E-state index is 5.84. The number of nitrogens with zero attached hydrogens (tertiary/aromatic N) is 2. The zero-order valence-electron chi connectivity index (χ0n) is 10.5. The molecule has 3 rings (SSSR count). The molecule has 0 fully saturated rings. The van der Waals surface area contributed by atoms with Gasteiger partial charge in [0.05, 0.1) is 17.4 Å². The van der Waals surface area contributed by atoms with E-state index in [0.717, 1.165) is 16.7 Å². The van der Waals surface area contributed by atoms with Gasteiger partial charge in [0.1, 0.15) is 16.5 Å². The molecule has 0 saturated carbocycles. The average Bonchev–Trinajstić information content (AvgIpc) is 2.48. The molecule has 98 valence electrons. The van der Waals surface area contributed by atoms with Crippen LogP contribution in [-0.2, 0) is 0 Å². The van der Waals surface area contributed by atoms with Crippen LogP contribution in [0.4, 0.5) is 0 Å². The molecule has 0 saturated heterocycles. The predicted octanol–water partition coefficient (Wildman–Crippen LogP) is 3.06. The van der Waals surface area contributed by atoms with E-state index in [1.54, 1.807) is 24.5 Å². The molecule has 2 N–H and O–H groups in total. The molecule has 0 unspecified atom stereocenters. The fraction of sp³-hybridized carbons (Fsp3) is 0. The highest BCUT2D eigenvalue weighted by molar-refractivity contribution is 7.80. The van der Waals surface area contributed by atoms with Crippen molar-refractivity contribution in [3.05, 3.63) is 60.6 Å². The lowest BCUT2D eigenvalue weighted by molar-refractivity contribution is 0.486. The Kier molecular flexibility index (Phi) is 3.26. The van der Waals surface area contributed by atoms with Gasteiger partial charge in [0, 0.05) is 11.6 Å². The van der Waals surface area contributed by atoms with Crippen LogP contribution in [0.3, 0.4) is 0 Å². The van der Waals surface area contributed by atoms with Crippen molar-refractivity contribution in [2.75, 3.05) is 0 Å². The molecule has 2 heterocycles. The van der Waals surface area contributed by atoms with Crippen LogP contribution in [0.1, 0.15) is 5.69 Å². The molecule has 4 nitrogen and oxygen atoms in total. The smallest absolute Gasteiger partial charge is 0.145 e. The normalized spacial score (nSPS) is 10.4. The van der Waals surface area contributed by atoms with Crippen molar-refractivity contribution >= 4 is 28.1 Å². The molecule has 0 atom stereocenters. The summed E-state index contributed by atoms with van der Waals surface area (Å²) in [6.07, 6.45) is 3.36. The number of ether oxygens (including phenoxy) is 1. The summed E-state index contributed by atoms with van der Waals surface area (Å²) in [4.78, 5) is 8.71. The van der Waals surface area contributed by atoms with E-state index in [1.807, 2.05) is 30.3 Å². The summed E-state index contributed by atoms with van der Waals surface area (Å²) >= 11 is 4.86. The van der Waals surface area contributed by atoms with E-state index < -0.39 is 0 Å². The Balaban J connectivity index is 1.95. The second-order valence-electron chi connectivity index (χ2n) is 4.17.